The minimum absolute atomic E-state index is 0.0244. The molecular weight excluding hydrogens is 614 g/mol. The van der Waals surface area contributed by atoms with Crippen LogP contribution in [-0.2, 0) is 9.59 Å². The van der Waals surface area contributed by atoms with E-state index in [0.29, 0.717) is 11.1 Å². The molecule has 4 unspecified atom stereocenters. The molecule has 0 aromatic heterocycles. The predicted octanol–water partition coefficient (Wildman–Crippen LogP) is 7.10. The number of aromatic carboxylic acids is 1. The lowest BCUT2D eigenvalue weighted by Crippen LogP contribution is -2.38. The molecule has 200 valence electrons. The smallest absolute Gasteiger partial charge is 0.335 e. The number of benzene rings is 2. The van der Waals surface area contributed by atoms with Crippen molar-refractivity contribution in [2.24, 2.45) is 17.8 Å². The van der Waals surface area contributed by atoms with E-state index in [1.165, 1.54) is 42.5 Å². The molecule has 2 aromatic carbocycles. The summed E-state index contributed by atoms with van der Waals surface area (Å²) in [6.07, 6.45) is 2.86. The predicted molar refractivity (Wildman–Crippen MR) is 147 cm³/mol. The molecule has 0 saturated carbocycles. The van der Waals surface area contributed by atoms with Crippen LogP contribution in [0.25, 0.3) is 5.57 Å². The fourth-order valence-corrected chi connectivity index (χ4v) is 6.52. The third-order valence-electron chi connectivity index (χ3n) is 6.90. The summed E-state index contributed by atoms with van der Waals surface area (Å²) in [7, 11) is 0. The summed E-state index contributed by atoms with van der Waals surface area (Å²) in [5.41, 5.74) is 1.11. The second-order valence-electron chi connectivity index (χ2n) is 9.03. The van der Waals surface area contributed by atoms with Gasteiger partial charge in [-0.05, 0) is 23.8 Å². The molecule has 4 atom stereocenters. The molecule has 12 heteroatoms. The maximum Gasteiger partial charge on any atom is 0.335 e. The number of phenols is 1. The molecule has 7 nitrogen and oxygen atoms in total. The third-order valence-corrected chi connectivity index (χ3v) is 9.14. The molecule has 1 heterocycles. The van der Waals surface area contributed by atoms with Crippen molar-refractivity contribution in [3.63, 3.8) is 0 Å². The van der Waals surface area contributed by atoms with Crippen LogP contribution in [0.1, 0.15) is 27.4 Å². The van der Waals surface area contributed by atoms with Gasteiger partial charge >= 0.3 is 11.9 Å². The number of carbonyl (C=O) groups is 3. The third kappa shape index (κ3) is 4.62. The highest BCUT2D eigenvalue weighted by Crippen LogP contribution is 2.58. The van der Waals surface area contributed by atoms with Gasteiger partial charge < -0.3 is 20.1 Å². The molecule has 0 amide bonds. The number of aromatic hydroxyl groups is 1. The highest BCUT2D eigenvalue weighted by Gasteiger charge is 2.50. The zero-order chi connectivity index (χ0) is 28.3. The number of phenolic OH excluding ortho intramolecular Hbond substituents is 1. The summed E-state index contributed by atoms with van der Waals surface area (Å²) in [4.78, 5) is 36.9. The fraction of sp³-hybridized carbons (Fsp3) is 0.148. The molecule has 3 N–H and O–H groups in total. The highest BCUT2D eigenvalue weighted by molar-refractivity contribution is 6.52. The summed E-state index contributed by atoms with van der Waals surface area (Å²) in [5, 5.41) is 29.0. The summed E-state index contributed by atoms with van der Waals surface area (Å²) in [6, 6.07) is 8.42. The van der Waals surface area contributed by atoms with Gasteiger partial charge in [0, 0.05) is 46.1 Å². The summed E-state index contributed by atoms with van der Waals surface area (Å²) < 4.78 is 5.99. The molecule has 5 rings (SSSR count). The Morgan fingerprint density at radius 1 is 0.872 bits per heavy atom. The van der Waals surface area contributed by atoms with E-state index in [0.717, 1.165) is 0 Å². The van der Waals surface area contributed by atoms with Crippen LogP contribution in [0.4, 0.5) is 0 Å². The molecule has 0 saturated heterocycles. The van der Waals surface area contributed by atoms with Gasteiger partial charge in [0.25, 0.3) is 0 Å². The van der Waals surface area contributed by atoms with Gasteiger partial charge in [-0.3, -0.25) is 9.59 Å². The van der Waals surface area contributed by atoms with Crippen LogP contribution in [0.15, 0.2) is 74.4 Å². The molecule has 0 spiro atoms. The van der Waals surface area contributed by atoms with E-state index in [1.54, 1.807) is 6.08 Å². The van der Waals surface area contributed by atoms with E-state index >= 15 is 0 Å². The van der Waals surface area contributed by atoms with E-state index in [1.807, 2.05) is 0 Å². The quantitative estimate of drug-likeness (QED) is 0.330. The van der Waals surface area contributed by atoms with E-state index < -0.39 is 41.4 Å². The lowest BCUT2D eigenvalue weighted by molar-refractivity contribution is -0.141. The number of carbonyl (C=O) groups excluding carboxylic acids is 1. The summed E-state index contributed by atoms with van der Waals surface area (Å²) in [6.45, 7) is 0. The Balaban J connectivity index is 1.74. The number of hydrogen-bond acceptors (Lipinski definition) is 5. The first-order valence-electron chi connectivity index (χ1n) is 11.3. The SMILES string of the molecule is O=C1C=C2Oc3cc(O)c(Cl)cc3C(C3C(Cl)=C(Cl)C(Cl)=C(Cl)C3C(=O)O)C2C=C1c1ccc(C(=O)O)cc1. The number of aliphatic carboxylic acids is 1. The van der Waals surface area contributed by atoms with Crippen molar-refractivity contribution >= 4 is 81.3 Å². The summed E-state index contributed by atoms with van der Waals surface area (Å²) >= 11 is 32.0. The number of carboxylic acid groups (broad SMARTS) is 2. The maximum absolute atomic E-state index is 13.2. The van der Waals surface area contributed by atoms with E-state index in [4.69, 9.17) is 62.7 Å². The zero-order valence-electron chi connectivity index (χ0n) is 19.3. The van der Waals surface area contributed by atoms with Gasteiger partial charge in [0.2, 0.25) is 0 Å². The molecule has 2 aliphatic carbocycles. The Morgan fingerprint density at radius 2 is 1.51 bits per heavy atom. The number of ether oxygens (including phenoxy) is 1. The minimum atomic E-state index is -1.41. The molecular formula is C27H15Cl5O7. The average molecular weight is 629 g/mol. The number of halogens is 5. The zero-order valence-corrected chi connectivity index (χ0v) is 23.1. The van der Waals surface area contributed by atoms with Crippen LogP contribution in [0.2, 0.25) is 5.02 Å². The molecule has 0 fully saturated rings. The standard InChI is InChI=1S/C27H15Cl5O7/c28-14-6-13-18(8-16(14)34)39-17-7-15(33)11(9-1-3-10(4-2-9)26(35)36)5-12(17)19(13)20-21(27(37)38)23(30)25(32)24(31)22(20)29/h1-8,12,19-21,34H,(H,35,36)(H,37,38). The molecule has 3 aliphatic rings. The topological polar surface area (TPSA) is 121 Å². The van der Waals surface area contributed by atoms with Crippen molar-refractivity contribution in [2.45, 2.75) is 5.92 Å². The van der Waals surface area contributed by atoms with Gasteiger partial charge in [0.1, 0.15) is 23.2 Å². The second-order valence-corrected chi connectivity index (χ2v) is 11.0. The average Bonchev–Trinajstić information content (AvgIpc) is 2.89. The first kappa shape index (κ1) is 27.6. The van der Waals surface area contributed by atoms with Crippen LogP contribution >= 0.6 is 58.0 Å². The van der Waals surface area contributed by atoms with Gasteiger partial charge in [0.15, 0.2) is 5.78 Å². The van der Waals surface area contributed by atoms with Crippen LogP contribution < -0.4 is 4.74 Å². The molecule has 39 heavy (non-hydrogen) atoms. The van der Waals surface area contributed by atoms with Crippen molar-refractivity contribution in [2.75, 3.05) is 0 Å². The number of ketones is 1. The number of fused-ring (bicyclic) bond motifs is 2. The van der Waals surface area contributed by atoms with E-state index in [9.17, 15) is 29.7 Å². The summed E-state index contributed by atoms with van der Waals surface area (Å²) in [5.74, 6) is -6.94. The Labute approximate surface area is 246 Å². The van der Waals surface area contributed by atoms with E-state index in [2.05, 4.69) is 0 Å². The van der Waals surface area contributed by atoms with Gasteiger partial charge in [0.05, 0.1) is 25.7 Å². The lowest BCUT2D eigenvalue weighted by Gasteiger charge is -2.43. The first-order chi connectivity index (χ1) is 18.4. The van der Waals surface area contributed by atoms with Crippen LogP contribution in [0.5, 0.6) is 11.5 Å². The van der Waals surface area contributed by atoms with Crippen molar-refractivity contribution in [3.05, 3.63) is 96.2 Å². The Kier molecular flexibility index (Phi) is 7.24. The molecule has 0 bridgehead atoms. The number of hydrogen-bond donors (Lipinski definition) is 3. The molecule has 0 radical (unpaired) electrons. The van der Waals surface area contributed by atoms with Gasteiger partial charge in [-0.2, -0.15) is 0 Å². The minimum Gasteiger partial charge on any atom is -0.506 e. The van der Waals surface area contributed by atoms with Crippen LogP contribution in [0.3, 0.4) is 0 Å². The van der Waals surface area contributed by atoms with Crippen molar-refractivity contribution in [1.82, 2.24) is 0 Å². The van der Waals surface area contributed by atoms with Gasteiger partial charge in [-0.1, -0.05) is 76.2 Å². The van der Waals surface area contributed by atoms with Gasteiger partial charge in [-0.15, -0.1) is 0 Å². The van der Waals surface area contributed by atoms with Crippen LogP contribution in [-0.4, -0.2) is 33.0 Å². The molecule has 2 aromatic rings. The van der Waals surface area contributed by atoms with Crippen molar-refractivity contribution in [3.8, 4) is 11.5 Å². The normalized spacial score (nSPS) is 24.4. The van der Waals surface area contributed by atoms with Crippen molar-refractivity contribution in [1.29, 1.82) is 0 Å². The first-order valence-corrected chi connectivity index (χ1v) is 13.1. The highest BCUT2D eigenvalue weighted by atomic mass is 35.5. The molecule has 1 aliphatic heterocycles. The Hall–Kier alpha value is -2.94. The Morgan fingerprint density at radius 3 is 2.13 bits per heavy atom. The largest absolute Gasteiger partial charge is 0.506 e. The monoisotopic (exact) mass is 626 g/mol. The number of carboxylic acids is 2. The second kappa shape index (κ2) is 10.2. The number of rotatable bonds is 4. The van der Waals surface area contributed by atoms with E-state index in [-0.39, 0.29) is 53.5 Å². The Bertz CT molecular complexity index is 1590. The van der Waals surface area contributed by atoms with Crippen LogP contribution in [0, 0.1) is 17.8 Å². The van der Waals surface area contributed by atoms with Gasteiger partial charge in [-0.25, -0.2) is 4.79 Å². The van der Waals surface area contributed by atoms with Crippen molar-refractivity contribution < 1.29 is 34.4 Å². The number of allylic oxidation sites excluding steroid dienone is 6. The maximum atomic E-state index is 13.2. The fourth-order valence-electron chi connectivity index (χ4n) is 5.12. The lowest BCUT2D eigenvalue weighted by atomic mass is 9.66.